The number of rotatable bonds is 0. The Morgan fingerprint density at radius 3 is 3.22 bits per heavy atom. The highest BCUT2D eigenvalue weighted by atomic mass is 79.9. The van der Waals surface area contributed by atoms with Crippen LogP contribution in [-0.2, 0) is 0 Å². The number of halogens is 1. The molecule has 0 aliphatic heterocycles. The number of hydrogen-bond donors (Lipinski definition) is 0. The van der Waals surface area contributed by atoms with E-state index in [-0.39, 0.29) is 0 Å². The molecule has 0 fully saturated rings. The Kier molecular flexibility index (Phi) is 1.28. The lowest BCUT2D eigenvalue weighted by atomic mass is 10.6. The molecule has 0 bridgehead atoms. The van der Waals surface area contributed by atoms with Crippen molar-refractivity contribution in [3.8, 4) is 0 Å². The SMILES string of the molecule is Brc1cc2snnc2s1. The lowest BCUT2D eigenvalue weighted by Crippen LogP contribution is -1.55. The van der Waals surface area contributed by atoms with Crippen LogP contribution in [0.1, 0.15) is 0 Å². The highest BCUT2D eigenvalue weighted by molar-refractivity contribution is 9.11. The Morgan fingerprint density at radius 2 is 2.44 bits per heavy atom. The summed E-state index contributed by atoms with van der Waals surface area (Å²) in [5.74, 6) is 0. The molecular formula is C4HBrN2S2. The van der Waals surface area contributed by atoms with Crippen molar-refractivity contribution < 1.29 is 0 Å². The zero-order chi connectivity index (χ0) is 6.27. The van der Waals surface area contributed by atoms with Gasteiger partial charge in [0.25, 0.3) is 0 Å². The van der Waals surface area contributed by atoms with E-state index >= 15 is 0 Å². The lowest BCUT2D eigenvalue weighted by molar-refractivity contribution is 1.21. The van der Waals surface area contributed by atoms with Gasteiger partial charge in [0.1, 0.15) is 0 Å². The van der Waals surface area contributed by atoms with Gasteiger partial charge in [0.15, 0.2) is 4.83 Å². The molecule has 9 heavy (non-hydrogen) atoms. The van der Waals surface area contributed by atoms with Gasteiger partial charge in [0, 0.05) is 0 Å². The van der Waals surface area contributed by atoms with Crippen molar-refractivity contribution in [3.63, 3.8) is 0 Å². The fraction of sp³-hybridized carbons (Fsp3) is 0. The summed E-state index contributed by atoms with van der Waals surface area (Å²) in [6, 6.07) is 2.03. The summed E-state index contributed by atoms with van der Waals surface area (Å²) >= 11 is 6.40. The largest absolute Gasteiger partial charge is 0.159 e. The number of nitrogens with zero attached hydrogens (tertiary/aromatic N) is 2. The van der Waals surface area contributed by atoms with E-state index in [0.29, 0.717) is 0 Å². The monoisotopic (exact) mass is 220 g/mol. The maximum atomic E-state index is 3.90. The molecule has 0 aromatic carbocycles. The van der Waals surface area contributed by atoms with E-state index in [4.69, 9.17) is 0 Å². The average molecular weight is 221 g/mol. The summed E-state index contributed by atoms with van der Waals surface area (Å²) in [5, 5.41) is 3.90. The topological polar surface area (TPSA) is 25.8 Å². The second kappa shape index (κ2) is 2.00. The van der Waals surface area contributed by atoms with Gasteiger partial charge < -0.3 is 0 Å². The zero-order valence-corrected chi connectivity index (χ0v) is 7.39. The predicted molar refractivity (Wildman–Crippen MR) is 43.0 cm³/mol. The predicted octanol–water partition coefficient (Wildman–Crippen LogP) is 2.52. The summed E-state index contributed by atoms with van der Waals surface area (Å²) < 4.78 is 6.07. The third-order valence-electron chi connectivity index (χ3n) is 0.920. The molecule has 0 N–H and O–H groups in total. The van der Waals surface area contributed by atoms with Crippen LogP contribution in [0.3, 0.4) is 0 Å². The van der Waals surface area contributed by atoms with Gasteiger partial charge in [-0.25, -0.2) is 0 Å². The molecule has 5 heteroatoms. The Bertz CT molecular complexity index is 297. The molecule has 46 valence electrons. The van der Waals surface area contributed by atoms with Crippen LogP contribution in [0.5, 0.6) is 0 Å². The van der Waals surface area contributed by atoms with Crippen molar-refractivity contribution in [3.05, 3.63) is 9.85 Å². The zero-order valence-electron chi connectivity index (χ0n) is 4.17. The van der Waals surface area contributed by atoms with Crippen molar-refractivity contribution in [2.24, 2.45) is 0 Å². The van der Waals surface area contributed by atoms with Gasteiger partial charge in [-0.3, -0.25) is 0 Å². The van der Waals surface area contributed by atoms with Crippen LogP contribution < -0.4 is 0 Å². The van der Waals surface area contributed by atoms with Crippen LogP contribution in [0, 0.1) is 0 Å². The smallest absolute Gasteiger partial charge is 0.127 e. The summed E-state index contributed by atoms with van der Waals surface area (Å²) in [6.45, 7) is 0. The molecule has 0 aliphatic rings. The molecule has 2 heterocycles. The Balaban J connectivity index is 2.92. The van der Waals surface area contributed by atoms with Crippen LogP contribution in [0.15, 0.2) is 9.85 Å². The Hall–Kier alpha value is -0.0000000000000000833. The molecule has 0 amide bonds. The maximum Gasteiger partial charge on any atom is 0.159 e. The van der Waals surface area contributed by atoms with Crippen LogP contribution in [0.4, 0.5) is 0 Å². The molecule has 0 saturated carbocycles. The molecule has 0 unspecified atom stereocenters. The quantitative estimate of drug-likeness (QED) is 0.683. The fourth-order valence-electron chi connectivity index (χ4n) is 0.573. The molecule has 2 nitrogen and oxygen atoms in total. The lowest BCUT2D eigenvalue weighted by Gasteiger charge is -1.66. The Morgan fingerprint density at radius 1 is 1.56 bits per heavy atom. The van der Waals surface area contributed by atoms with Gasteiger partial charge in [0.2, 0.25) is 0 Å². The van der Waals surface area contributed by atoms with Gasteiger partial charge in [-0.05, 0) is 33.5 Å². The van der Waals surface area contributed by atoms with E-state index in [2.05, 4.69) is 25.5 Å². The number of aromatic nitrogens is 2. The maximum absolute atomic E-state index is 3.90. The molecular weight excluding hydrogens is 220 g/mol. The van der Waals surface area contributed by atoms with E-state index in [1.807, 2.05) is 6.07 Å². The van der Waals surface area contributed by atoms with Crippen LogP contribution in [0.2, 0.25) is 0 Å². The third kappa shape index (κ3) is 0.889. The van der Waals surface area contributed by atoms with Gasteiger partial charge in [-0.2, -0.15) is 0 Å². The van der Waals surface area contributed by atoms with Crippen molar-refractivity contribution in [1.29, 1.82) is 0 Å². The molecule has 0 radical (unpaired) electrons. The van der Waals surface area contributed by atoms with E-state index in [1.165, 1.54) is 11.5 Å². The molecule has 2 aromatic heterocycles. The van der Waals surface area contributed by atoms with Crippen molar-refractivity contribution in [2.45, 2.75) is 0 Å². The van der Waals surface area contributed by atoms with Crippen LogP contribution >= 0.6 is 38.8 Å². The molecule has 2 rings (SSSR count). The standard InChI is InChI=1S/C4HBrN2S2/c5-3-1-2-4(8-3)6-7-9-2/h1H. The van der Waals surface area contributed by atoms with Gasteiger partial charge in [-0.15, -0.1) is 16.4 Å². The second-order valence-electron chi connectivity index (χ2n) is 1.49. The number of hydrogen-bond acceptors (Lipinski definition) is 4. The molecule has 2 aromatic rings. The van der Waals surface area contributed by atoms with Crippen LogP contribution in [0.25, 0.3) is 9.53 Å². The normalized spacial score (nSPS) is 10.8. The van der Waals surface area contributed by atoms with Gasteiger partial charge >= 0.3 is 0 Å². The van der Waals surface area contributed by atoms with Crippen molar-refractivity contribution in [1.82, 2.24) is 9.59 Å². The minimum absolute atomic E-state index is 1.02. The first-order valence-corrected chi connectivity index (χ1v) is 4.62. The van der Waals surface area contributed by atoms with Crippen molar-refractivity contribution in [2.75, 3.05) is 0 Å². The van der Waals surface area contributed by atoms with Gasteiger partial charge in [0.05, 0.1) is 8.49 Å². The molecule has 0 atom stereocenters. The van der Waals surface area contributed by atoms with E-state index in [1.54, 1.807) is 11.3 Å². The first-order valence-electron chi connectivity index (χ1n) is 2.23. The first-order chi connectivity index (χ1) is 4.36. The minimum Gasteiger partial charge on any atom is -0.127 e. The third-order valence-corrected chi connectivity index (χ3v) is 3.24. The minimum atomic E-state index is 1.02. The summed E-state index contributed by atoms with van der Waals surface area (Å²) in [7, 11) is 0. The van der Waals surface area contributed by atoms with E-state index < -0.39 is 0 Å². The molecule has 0 spiro atoms. The summed E-state index contributed by atoms with van der Waals surface area (Å²) in [6.07, 6.45) is 0. The van der Waals surface area contributed by atoms with Gasteiger partial charge in [-0.1, -0.05) is 4.49 Å². The van der Waals surface area contributed by atoms with E-state index in [9.17, 15) is 0 Å². The molecule has 0 aliphatic carbocycles. The first kappa shape index (κ1) is 5.76. The summed E-state index contributed by atoms with van der Waals surface area (Å²) in [4.78, 5) is 1.02. The Labute approximate surface area is 67.8 Å². The number of thiophene rings is 1. The highest BCUT2D eigenvalue weighted by Gasteiger charge is 2.00. The van der Waals surface area contributed by atoms with E-state index in [0.717, 1.165) is 13.3 Å². The highest BCUT2D eigenvalue weighted by Crippen LogP contribution is 2.29. The average Bonchev–Trinajstić information content (AvgIpc) is 2.22. The van der Waals surface area contributed by atoms with Crippen LogP contribution in [-0.4, -0.2) is 9.59 Å². The van der Waals surface area contributed by atoms with Crippen molar-refractivity contribution >= 4 is 48.3 Å². The summed E-state index contributed by atoms with van der Waals surface area (Å²) in [5.41, 5.74) is 0. The fourth-order valence-corrected chi connectivity index (χ4v) is 2.88. The molecule has 0 saturated heterocycles. The second-order valence-corrected chi connectivity index (χ2v) is 4.69. The number of fused-ring (bicyclic) bond motifs is 1.